The van der Waals surface area contributed by atoms with Crippen molar-refractivity contribution in [1.29, 1.82) is 0 Å². The highest BCUT2D eigenvalue weighted by molar-refractivity contribution is 5.03. The molecule has 4 heteroatoms. The molecule has 15 heavy (non-hydrogen) atoms. The van der Waals surface area contributed by atoms with Gasteiger partial charge in [0, 0.05) is 13.0 Å². The van der Waals surface area contributed by atoms with Gasteiger partial charge in [0.1, 0.15) is 5.76 Å². The summed E-state index contributed by atoms with van der Waals surface area (Å²) in [6.45, 7) is 6.68. The van der Waals surface area contributed by atoms with Gasteiger partial charge in [0.2, 0.25) is 0 Å². The highest BCUT2D eigenvalue weighted by Crippen LogP contribution is 2.18. The first kappa shape index (κ1) is 12.2. The molecule has 1 aromatic rings. The van der Waals surface area contributed by atoms with Crippen molar-refractivity contribution in [3.63, 3.8) is 0 Å². The first-order valence-corrected chi connectivity index (χ1v) is 5.22. The predicted octanol–water partition coefficient (Wildman–Crippen LogP) is 1.47. The molecule has 0 bridgehead atoms. The monoisotopic (exact) mass is 212 g/mol. The SMILES string of the molecule is CCOC(C)(C)C(Cc1ccco1)NN. The quantitative estimate of drug-likeness (QED) is 0.553. The van der Waals surface area contributed by atoms with Crippen molar-refractivity contribution in [3.05, 3.63) is 24.2 Å². The summed E-state index contributed by atoms with van der Waals surface area (Å²) in [5.74, 6) is 6.44. The number of furan rings is 1. The zero-order valence-electron chi connectivity index (χ0n) is 9.62. The normalized spacial score (nSPS) is 14.1. The summed E-state index contributed by atoms with van der Waals surface area (Å²) in [6.07, 6.45) is 2.38. The van der Waals surface area contributed by atoms with E-state index in [-0.39, 0.29) is 11.6 Å². The third-order valence-electron chi connectivity index (χ3n) is 2.54. The summed E-state index contributed by atoms with van der Waals surface area (Å²) >= 11 is 0. The average Bonchev–Trinajstić information content (AvgIpc) is 2.66. The van der Waals surface area contributed by atoms with Gasteiger partial charge in [-0.3, -0.25) is 11.3 Å². The first-order chi connectivity index (χ1) is 7.10. The van der Waals surface area contributed by atoms with Crippen LogP contribution in [0.15, 0.2) is 22.8 Å². The largest absolute Gasteiger partial charge is 0.469 e. The fourth-order valence-corrected chi connectivity index (χ4v) is 1.61. The van der Waals surface area contributed by atoms with Crippen LogP contribution in [0, 0.1) is 0 Å². The molecule has 0 saturated heterocycles. The highest BCUT2D eigenvalue weighted by Gasteiger charge is 2.29. The van der Waals surface area contributed by atoms with Crippen molar-refractivity contribution in [2.75, 3.05) is 6.61 Å². The van der Waals surface area contributed by atoms with Gasteiger partial charge in [-0.15, -0.1) is 0 Å². The third-order valence-corrected chi connectivity index (χ3v) is 2.54. The van der Waals surface area contributed by atoms with E-state index >= 15 is 0 Å². The molecule has 1 heterocycles. The molecular weight excluding hydrogens is 192 g/mol. The minimum Gasteiger partial charge on any atom is -0.469 e. The van der Waals surface area contributed by atoms with Gasteiger partial charge in [0.05, 0.1) is 17.9 Å². The Morgan fingerprint density at radius 2 is 2.33 bits per heavy atom. The van der Waals surface area contributed by atoms with Crippen LogP contribution in [0.2, 0.25) is 0 Å². The van der Waals surface area contributed by atoms with Crippen molar-refractivity contribution in [2.24, 2.45) is 5.84 Å². The van der Waals surface area contributed by atoms with Gasteiger partial charge in [-0.1, -0.05) is 0 Å². The fraction of sp³-hybridized carbons (Fsp3) is 0.636. The van der Waals surface area contributed by atoms with Crippen LogP contribution >= 0.6 is 0 Å². The van der Waals surface area contributed by atoms with E-state index in [1.807, 2.05) is 32.9 Å². The molecule has 1 unspecified atom stereocenters. The summed E-state index contributed by atoms with van der Waals surface area (Å²) in [5.41, 5.74) is 2.47. The van der Waals surface area contributed by atoms with E-state index in [2.05, 4.69) is 5.43 Å². The van der Waals surface area contributed by atoms with E-state index in [1.165, 1.54) is 0 Å². The zero-order valence-corrected chi connectivity index (χ0v) is 9.62. The number of nitrogens with two attached hydrogens (primary N) is 1. The molecule has 0 aliphatic rings. The van der Waals surface area contributed by atoms with Gasteiger partial charge in [0.25, 0.3) is 0 Å². The number of rotatable bonds is 6. The topological polar surface area (TPSA) is 60.4 Å². The van der Waals surface area contributed by atoms with Crippen LogP contribution in [0.1, 0.15) is 26.5 Å². The standard InChI is InChI=1S/C11H20N2O2/c1-4-15-11(2,3)10(13-12)8-9-6-5-7-14-9/h5-7,10,13H,4,8,12H2,1-3H3. The molecule has 86 valence electrons. The smallest absolute Gasteiger partial charge is 0.105 e. The molecule has 0 saturated carbocycles. The van der Waals surface area contributed by atoms with Gasteiger partial charge in [-0.25, -0.2) is 0 Å². The van der Waals surface area contributed by atoms with Crippen LogP contribution < -0.4 is 11.3 Å². The van der Waals surface area contributed by atoms with E-state index in [1.54, 1.807) is 6.26 Å². The lowest BCUT2D eigenvalue weighted by Gasteiger charge is -2.33. The van der Waals surface area contributed by atoms with Crippen molar-refractivity contribution in [3.8, 4) is 0 Å². The summed E-state index contributed by atoms with van der Waals surface area (Å²) in [4.78, 5) is 0. The molecule has 0 aromatic carbocycles. The van der Waals surface area contributed by atoms with Crippen molar-refractivity contribution in [2.45, 2.75) is 38.8 Å². The number of nitrogens with one attached hydrogen (secondary N) is 1. The molecule has 0 fully saturated rings. The second-order valence-electron chi connectivity index (χ2n) is 4.04. The summed E-state index contributed by atoms with van der Waals surface area (Å²) in [6, 6.07) is 3.84. The van der Waals surface area contributed by atoms with Gasteiger partial charge < -0.3 is 9.15 Å². The Hall–Kier alpha value is -0.840. The van der Waals surface area contributed by atoms with Gasteiger partial charge >= 0.3 is 0 Å². The number of hydrogen-bond donors (Lipinski definition) is 2. The average molecular weight is 212 g/mol. The highest BCUT2D eigenvalue weighted by atomic mass is 16.5. The summed E-state index contributed by atoms with van der Waals surface area (Å²) in [5, 5.41) is 0. The van der Waals surface area contributed by atoms with E-state index in [9.17, 15) is 0 Å². The van der Waals surface area contributed by atoms with E-state index in [0.717, 1.165) is 12.2 Å². The van der Waals surface area contributed by atoms with E-state index in [0.29, 0.717) is 6.61 Å². The Balaban J connectivity index is 2.62. The molecule has 0 aliphatic heterocycles. The van der Waals surface area contributed by atoms with Gasteiger partial charge in [-0.05, 0) is 32.9 Å². The Morgan fingerprint density at radius 3 is 2.80 bits per heavy atom. The maximum atomic E-state index is 5.65. The Morgan fingerprint density at radius 1 is 1.60 bits per heavy atom. The first-order valence-electron chi connectivity index (χ1n) is 5.22. The molecular formula is C11H20N2O2. The Kier molecular flexibility index (Phi) is 4.32. The van der Waals surface area contributed by atoms with E-state index in [4.69, 9.17) is 15.0 Å². The van der Waals surface area contributed by atoms with Crippen molar-refractivity contribution < 1.29 is 9.15 Å². The third kappa shape index (κ3) is 3.34. The number of ether oxygens (including phenoxy) is 1. The van der Waals surface area contributed by atoms with Crippen LogP contribution in [-0.2, 0) is 11.2 Å². The zero-order chi connectivity index (χ0) is 11.3. The minimum atomic E-state index is -0.309. The number of hydrogen-bond acceptors (Lipinski definition) is 4. The molecule has 0 aliphatic carbocycles. The van der Waals surface area contributed by atoms with Crippen LogP contribution in [0.25, 0.3) is 0 Å². The second-order valence-corrected chi connectivity index (χ2v) is 4.04. The van der Waals surface area contributed by atoms with Crippen molar-refractivity contribution in [1.82, 2.24) is 5.43 Å². The molecule has 1 aromatic heterocycles. The second kappa shape index (κ2) is 5.30. The van der Waals surface area contributed by atoms with E-state index < -0.39 is 0 Å². The molecule has 0 amide bonds. The number of hydrazine groups is 1. The molecule has 1 atom stereocenters. The lowest BCUT2D eigenvalue weighted by atomic mass is 9.95. The predicted molar refractivity (Wildman–Crippen MR) is 59.2 cm³/mol. The van der Waals surface area contributed by atoms with Crippen LogP contribution in [0.4, 0.5) is 0 Å². The molecule has 0 spiro atoms. The lowest BCUT2D eigenvalue weighted by Crippen LogP contribution is -2.52. The summed E-state index contributed by atoms with van der Waals surface area (Å²) < 4.78 is 10.9. The van der Waals surface area contributed by atoms with Crippen LogP contribution in [0.5, 0.6) is 0 Å². The van der Waals surface area contributed by atoms with Gasteiger partial charge in [0.15, 0.2) is 0 Å². The molecule has 4 nitrogen and oxygen atoms in total. The molecule has 3 N–H and O–H groups in total. The summed E-state index contributed by atoms with van der Waals surface area (Å²) in [7, 11) is 0. The maximum Gasteiger partial charge on any atom is 0.105 e. The minimum absolute atomic E-state index is 0.0311. The fourth-order valence-electron chi connectivity index (χ4n) is 1.61. The molecule has 0 radical (unpaired) electrons. The van der Waals surface area contributed by atoms with Crippen molar-refractivity contribution >= 4 is 0 Å². The lowest BCUT2D eigenvalue weighted by molar-refractivity contribution is -0.0390. The Bertz CT molecular complexity index is 270. The van der Waals surface area contributed by atoms with Crippen LogP contribution in [-0.4, -0.2) is 18.2 Å². The van der Waals surface area contributed by atoms with Crippen LogP contribution in [0.3, 0.4) is 0 Å². The maximum absolute atomic E-state index is 5.65. The van der Waals surface area contributed by atoms with Gasteiger partial charge in [-0.2, -0.15) is 0 Å². The molecule has 1 rings (SSSR count). The Labute approximate surface area is 90.8 Å².